The lowest BCUT2D eigenvalue weighted by molar-refractivity contribution is -0.132. The summed E-state index contributed by atoms with van der Waals surface area (Å²) in [6.45, 7) is 1.84. The summed E-state index contributed by atoms with van der Waals surface area (Å²) in [5, 5.41) is 12.8. The lowest BCUT2D eigenvalue weighted by Crippen LogP contribution is -2.51. The molecule has 1 amide bonds. The Bertz CT molecular complexity index is 1310. The number of fused-ring (bicyclic) bond motifs is 1. The van der Waals surface area contributed by atoms with Crippen LogP contribution in [-0.2, 0) is 24.2 Å². The lowest BCUT2D eigenvalue weighted by Gasteiger charge is -2.36. The maximum absolute atomic E-state index is 12.8. The van der Waals surface area contributed by atoms with Crippen LogP contribution >= 0.6 is 0 Å². The van der Waals surface area contributed by atoms with Crippen molar-refractivity contribution in [3.63, 3.8) is 0 Å². The number of phenolic OH excluding ortho intramolecular Hbond substituents is 1. The molecule has 176 valence electrons. The Morgan fingerprint density at radius 1 is 0.971 bits per heavy atom. The highest BCUT2D eigenvalue weighted by Crippen LogP contribution is 2.26. The van der Waals surface area contributed by atoms with E-state index in [2.05, 4.69) is 21.3 Å². The summed E-state index contributed by atoms with van der Waals surface area (Å²) in [7, 11) is 0. The fourth-order valence-electron chi connectivity index (χ4n) is 4.68. The number of nitrogens with one attached hydrogen (secondary N) is 2. The third-order valence-corrected chi connectivity index (χ3v) is 6.52. The predicted molar refractivity (Wildman–Crippen MR) is 130 cm³/mol. The molecule has 0 unspecified atom stereocenters. The summed E-state index contributed by atoms with van der Waals surface area (Å²) in [5.41, 5.74) is 3.19. The highest BCUT2D eigenvalue weighted by Gasteiger charge is 2.22. The van der Waals surface area contributed by atoms with Crippen LogP contribution in [0.4, 0.5) is 17.2 Å². The number of aryl methyl sites for hydroxylation is 2. The second-order valence-electron chi connectivity index (χ2n) is 8.76. The SMILES string of the molecule is O=C(Cn1c(=O)cc(Nc2ccc3c(c2)CCC3)[nH]c1=O)N1CCN(c2cccc(O)c2)CC1. The number of hydrogen-bond donors (Lipinski definition) is 3. The Morgan fingerprint density at radius 3 is 2.53 bits per heavy atom. The molecule has 1 aromatic heterocycles. The number of hydrogen-bond acceptors (Lipinski definition) is 6. The van der Waals surface area contributed by atoms with Gasteiger partial charge in [0, 0.05) is 49.7 Å². The van der Waals surface area contributed by atoms with Crippen LogP contribution in [0.25, 0.3) is 0 Å². The predicted octanol–water partition coefficient (Wildman–Crippen LogP) is 1.82. The molecule has 9 nitrogen and oxygen atoms in total. The number of phenols is 1. The smallest absolute Gasteiger partial charge is 0.330 e. The van der Waals surface area contributed by atoms with Gasteiger partial charge in [0.1, 0.15) is 18.1 Å². The summed E-state index contributed by atoms with van der Waals surface area (Å²) in [4.78, 5) is 44.4. The van der Waals surface area contributed by atoms with Gasteiger partial charge in [0.05, 0.1) is 0 Å². The molecule has 0 bridgehead atoms. The van der Waals surface area contributed by atoms with E-state index in [9.17, 15) is 19.5 Å². The van der Waals surface area contributed by atoms with Gasteiger partial charge in [-0.05, 0) is 54.7 Å². The van der Waals surface area contributed by atoms with Crippen LogP contribution in [0.1, 0.15) is 17.5 Å². The minimum absolute atomic E-state index is 0.198. The summed E-state index contributed by atoms with van der Waals surface area (Å²) in [6, 6.07) is 14.4. The van der Waals surface area contributed by atoms with Crippen molar-refractivity contribution in [2.24, 2.45) is 0 Å². The van der Waals surface area contributed by atoms with Gasteiger partial charge in [0.25, 0.3) is 5.56 Å². The molecule has 2 heterocycles. The second-order valence-corrected chi connectivity index (χ2v) is 8.76. The molecule has 0 radical (unpaired) electrons. The summed E-state index contributed by atoms with van der Waals surface area (Å²) < 4.78 is 0.928. The van der Waals surface area contributed by atoms with Crippen LogP contribution in [0.2, 0.25) is 0 Å². The van der Waals surface area contributed by atoms with Gasteiger partial charge >= 0.3 is 5.69 Å². The number of carbonyl (C=O) groups is 1. The van der Waals surface area contributed by atoms with Crippen molar-refractivity contribution in [2.75, 3.05) is 36.4 Å². The maximum Gasteiger partial charge on any atom is 0.330 e. The lowest BCUT2D eigenvalue weighted by atomic mass is 10.1. The van der Waals surface area contributed by atoms with Crippen molar-refractivity contribution >= 4 is 23.1 Å². The molecule has 1 fully saturated rings. The van der Waals surface area contributed by atoms with Crippen molar-refractivity contribution in [3.8, 4) is 5.75 Å². The topological polar surface area (TPSA) is 111 Å². The summed E-state index contributed by atoms with van der Waals surface area (Å²) >= 11 is 0. The van der Waals surface area contributed by atoms with Crippen LogP contribution in [0.15, 0.2) is 58.1 Å². The number of aromatic amines is 1. The highest BCUT2D eigenvalue weighted by atomic mass is 16.3. The van der Waals surface area contributed by atoms with Gasteiger partial charge in [-0.25, -0.2) is 4.79 Å². The van der Waals surface area contributed by atoms with E-state index in [1.54, 1.807) is 23.1 Å². The monoisotopic (exact) mass is 461 g/mol. The quantitative estimate of drug-likeness (QED) is 0.535. The maximum atomic E-state index is 12.8. The minimum Gasteiger partial charge on any atom is -0.508 e. The molecule has 0 atom stereocenters. The van der Waals surface area contributed by atoms with E-state index in [1.165, 1.54) is 17.2 Å². The van der Waals surface area contributed by atoms with E-state index in [0.717, 1.165) is 35.2 Å². The first-order valence-electron chi connectivity index (χ1n) is 11.5. The standard InChI is InChI=1S/C25H27N5O4/c31-21-6-2-5-20(14-21)28-9-11-29(12-10-28)24(33)16-30-23(32)15-22(27-25(30)34)26-19-8-7-17-3-1-4-18(17)13-19/h2,5-8,13-15,26,31H,1,3-4,9-12,16H2,(H,27,34). The molecule has 1 aliphatic heterocycles. The Morgan fingerprint density at radius 2 is 1.76 bits per heavy atom. The number of rotatable bonds is 5. The minimum atomic E-state index is -0.622. The third kappa shape index (κ3) is 4.54. The van der Waals surface area contributed by atoms with Gasteiger partial charge in [0.15, 0.2) is 0 Å². The number of piperazine rings is 1. The van der Waals surface area contributed by atoms with Crippen LogP contribution in [-0.4, -0.2) is 51.6 Å². The number of aromatic nitrogens is 2. The van der Waals surface area contributed by atoms with Crippen molar-refractivity contribution in [1.82, 2.24) is 14.5 Å². The van der Waals surface area contributed by atoms with Gasteiger partial charge < -0.3 is 20.2 Å². The van der Waals surface area contributed by atoms with E-state index < -0.39 is 11.2 Å². The fraction of sp³-hybridized carbons (Fsp3) is 0.320. The summed E-state index contributed by atoms with van der Waals surface area (Å²) in [6.07, 6.45) is 3.26. The molecule has 5 rings (SSSR count). The first-order valence-corrected chi connectivity index (χ1v) is 11.5. The first-order chi connectivity index (χ1) is 16.5. The van der Waals surface area contributed by atoms with Gasteiger partial charge in [-0.15, -0.1) is 0 Å². The largest absolute Gasteiger partial charge is 0.508 e. The zero-order valence-corrected chi connectivity index (χ0v) is 18.8. The third-order valence-electron chi connectivity index (χ3n) is 6.52. The molecule has 2 aromatic carbocycles. The van der Waals surface area contributed by atoms with Crippen molar-refractivity contribution < 1.29 is 9.90 Å². The highest BCUT2D eigenvalue weighted by molar-refractivity contribution is 5.76. The number of H-pyrrole nitrogens is 1. The average Bonchev–Trinajstić information content (AvgIpc) is 3.29. The van der Waals surface area contributed by atoms with Gasteiger partial charge in [0.2, 0.25) is 5.91 Å². The van der Waals surface area contributed by atoms with Crippen molar-refractivity contribution in [2.45, 2.75) is 25.8 Å². The molecule has 0 saturated carbocycles. The summed E-state index contributed by atoms with van der Waals surface area (Å²) in [5.74, 6) is 0.225. The van der Waals surface area contributed by atoms with E-state index in [1.807, 2.05) is 18.2 Å². The molecule has 1 aliphatic carbocycles. The van der Waals surface area contributed by atoms with Crippen LogP contribution in [0, 0.1) is 0 Å². The number of nitrogens with zero attached hydrogens (tertiary/aromatic N) is 3. The van der Waals surface area contributed by atoms with Gasteiger partial charge in [-0.3, -0.25) is 19.1 Å². The van der Waals surface area contributed by atoms with Crippen molar-refractivity contribution in [3.05, 3.63) is 80.5 Å². The second kappa shape index (κ2) is 9.09. The molecule has 3 aromatic rings. The Hall–Kier alpha value is -4.01. The zero-order chi connectivity index (χ0) is 23.7. The van der Waals surface area contributed by atoms with Gasteiger partial charge in [-0.2, -0.15) is 0 Å². The average molecular weight is 462 g/mol. The first kappa shape index (κ1) is 21.8. The van der Waals surface area contributed by atoms with Crippen LogP contribution in [0.3, 0.4) is 0 Å². The zero-order valence-electron chi connectivity index (χ0n) is 18.8. The molecular formula is C25H27N5O4. The van der Waals surface area contributed by atoms with E-state index in [0.29, 0.717) is 32.0 Å². The van der Waals surface area contributed by atoms with E-state index >= 15 is 0 Å². The number of amides is 1. The number of carbonyl (C=O) groups excluding carboxylic acids is 1. The molecule has 3 N–H and O–H groups in total. The molecule has 34 heavy (non-hydrogen) atoms. The number of benzene rings is 2. The molecular weight excluding hydrogens is 434 g/mol. The molecule has 9 heteroatoms. The van der Waals surface area contributed by atoms with Crippen LogP contribution in [0.5, 0.6) is 5.75 Å². The number of anilines is 3. The van der Waals surface area contributed by atoms with Gasteiger partial charge in [-0.1, -0.05) is 12.1 Å². The molecule has 1 saturated heterocycles. The fourth-order valence-corrected chi connectivity index (χ4v) is 4.68. The Balaban J connectivity index is 1.23. The normalized spacial score (nSPS) is 15.3. The number of aromatic hydroxyl groups is 1. The van der Waals surface area contributed by atoms with E-state index in [-0.39, 0.29) is 18.2 Å². The molecule has 2 aliphatic rings. The van der Waals surface area contributed by atoms with Crippen molar-refractivity contribution in [1.29, 1.82) is 0 Å². The Kier molecular flexibility index (Phi) is 5.83. The van der Waals surface area contributed by atoms with Crippen LogP contribution < -0.4 is 21.5 Å². The molecule has 0 spiro atoms. The Labute approximate surface area is 196 Å². The van der Waals surface area contributed by atoms with E-state index in [4.69, 9.17) is 0 Å².